The van der Waals surface area contributed by atoms with Crippen molar-refractivity contribution in [3.8, 4) is 0 Å². The first kappa shape index (κ1) is 22.5. The van der Waals surface area contributed by atoms with Crippen LogP contribution < -0.4 is 19.8 Å². The molecule has 0 fully saturated rings. The van der Waals surface area contributed by atoms with Gasteiger partial charge in [-0.3, -0.25) is 14.2 Å². The van der Waals surface area contributed by atoms with Crippen LogP contribution in [-0.4, -0.2) is 29.6 Å². The molecule has 7 nitrogen and oxygen atoms in total. The number of rotatable bonds is 5. The fourth-order valence-electron chi connectivity index (χ4n) is 4.50. The van der Waals surface area contributed by atoms with E-state index in [1.54, 1.807) is 18.7 Å². The second-order valence-corrected chi connectivity index (χ2v) is 9.94. The summed E-state index contributed by atoms with van der Waals surface area (Å²) in [4.78, 5) is 48.0. The molecule has 4 heterocycles. The number of hydrogen-bond acceptors (Lipinski definition) is 7. The zero-order chi connectivity index (χ0) is 24.0. The van der Waals surface area contributed by atoms with E-state index >= 15 is 0 Å². The van der Waals surface area contributed by atoms with Gasteiger partial charge in [0.2, 0.25) is 0 Å². The van der Waals surface area contributed by atoms with Crippen LogP contribution in [0.3, 0.4) is 0 Å². The second kappa shape index (κ2) is 8.81. The minimum Gasteiger partial charge on any atom is -0.463 e. The number of para-hydroxylation sites is 1. The third kappa shape index (κ3) is 3.38. The number of nitrogens with zero attached hydrogens (tertiary/aromatic N) is 3. The molecule has 1 amide bonds. The highest BCUT2D eigenvalue weighted by Gasteiger charge is 2.37. The molecule has 1 aromatic carbocycles. The minimum atomic E-state index is -0.650. The average molecular weight is 494 g/mol. The first-order valence-corrected chi connectivity index (χ1v) is 12.8. The van der Waals surface area contributed by atoms with Gasteiger partial charge in [-0.15, -0.1) is 11.3 Å². The lowest BCUT2D eigenvalue weighted by Crippen LogP contribution is -2.40. The van der Waals surface area contributed by atoms with Crippen LogP contribution >= 0.6 is 22.7 Å². The molecule has 0 radical (unpaired) electrons. The van der Waals surface area contributed by atoms with E-state index in [0.29, 0.717) is 32.7 Å². The first-order valence-electron chi connectivity index (χ1n) is 11.1. The van der Waals surface area contributed by atoms with Crippen LogP contribution in [0, 0.1) is 0 Å². The van der Waals surface area contributed by atoms with Crippen LogP contribution in [0.2, 0.25) is 0 Å². The van der Waals surface area contributed by atoms with E-state index in [2.05, 4.69) is 4.99 Å². The van der Waals surface area contributed by atoms with Crippen molar-refractivity contribution in [1.29, 1.82) is 0 Å². The van der Waals surface area contributed by atoms with Gasteiger partial charge in [0.15, 0.2) is 4.80 Å². The highest BCUT2D eigenvalue weighted by molar-refractivity contribution is 7.10. The van der Waals surface area contributed by atoms with E-state index in [1.165, 1.54) is 27.2 Å². The number of carbonyl (C=O) groups is 2. The van der Waals surface area contributed by atoms with Gasteiger partial charge >= 0.3 is 5.97 Å². The molecule has 0 N–H and O–H groups in total. The predicted molar refractivity (Wildman–Crippen MR) is 133 cm³/mol. The Hall–Kier alpha value is -3.30. The standard InChI is InChI=1S/C25H23N3O4S2/c1-4-12-27-16-10-7-6-9-15(16)19(22(27)29)21-23(30)28-20(17-11-8-13-33-17)18(24(31)32-5-2)14(3)26-25(28)34-21/h6-11,13,20H,4-5,12H2,1-3H3/t20-/m1/s1. The number of esters is 1. The van der Waals surface area contributed by atoms with Crippen molar-refractivity contribution >= 4 is 45.8 Å². The number of ether oxygens (including phenoxy) is 1. The molecule has 2 aliphatic rings. The fourth-order valence-corrected chi connectivity index (χ4v) is 6.46. The number of thiophene rings is 1. The van der Waals surface area contributed by atoms with Gasteiger partial charge in [-0.05, 0) is 37.8 Å². The van der Waals surface area contributed by atoms with Crippen molar-refractivity contribution in [1.82, 2.24) is 4.57 Å². The number of thiazole rings is 1. The number of fused-ring (bicyclic) bond motifs is 2. The number of carbonyl (C=O) groups excluding carboxylic acids is 2. The summed E-state index contributed by atoms with van der Waals surface area (Å²) in [6.07, 6.45) is 0.801. The topological polar surface area (TPSA) is 81.0 Å². The Morgan fingerprint density at radius 3 is 2.65 bits per heavy atom. The Morgan fingerprint density at radius 2 is 1.94 bits per heavy atom. The van der Waals surface area contributed by atoms with Gasteiger partial charge in [-0.25, -0.2) is 9.79 Å². The largest absolute Gasteiger partial charge is 0.463 e. The van der Waals surface area contributed by atoms with Crippen LogP contribution in [0.5, 0.6) is 0 Å². The van der Waals surface area contributed by atoms with Gasteiger partial charge in [0.25, 0.3) is 11.5 Å². The normalized spacial score (nSPS) is 18.6. The van der Waals surface area contributed by atoms with Crippen LogP contribution in [0.25, 0.3) is 5.57 Å². The van der Waals surface area contributed by atoms with Crippen LogP contribution in [0.15, 0.2) is 62.8 Å². The average Bonchev–Trinajstić information content (AvgIpc) is 3.52. The summed E-state index contributed by atoms with van der Waals surface area (Å²) in [7, 11) is 0. The summed E-state index contributed by atoms with van der Waals surface area (Å²) in [6, 6.07) is 10.7. The quantitative estimate of drug-likeness (QED) is 0.512. The van der Waals surface area contributed by atoms with Gasteiger partial charge in [-0.2, -0.15) is 0 Å². The molecule has 0 unspecified atom stereocenters. The number of allylic oxidation sites excluding steroid dienone is 1. The van der Waals surface area contributed by atoms with E-state index in [9.17, 15) is 14.4 Å². The molecule has 5 rings (SSSR count). The molecule has 1 atom stereocenters. The lowest BCUT2D eigenvalue weighted by Gasteiger charge is -2.23. The highest BCUT2D eigenvalue weighted by atomic mass is 32.1. The number of hydrogen-bond donors (Lipinski definition) is 0. The Labute approximate surface area is 203 Å². The minimum absolute atomic E-state index is 0.178. The van der Waals surface area contributed by atoms with Crippen molar-refractivity contribution in [2.75, 3.05) is 18.1 Å². The summed E-state index contributed by atoms with van der Waals surface area (Å²) < 4.78 is 7.20. The van der Waals surface area contributed by atoms with Gasteiger partial charge in [-0.1, -0.05) is 42.5 Å². The van der Waals surface area contributed by atoms with Gasteiger partial charge in [0.05, 0.1) is 29.1 Å². The van der Waals surface area contributed by atoms with E-state index in [4.69, 9.17) is 4.74 Å². The molecule has 0 saturated carbocycles. The number of amides is 1. The number of aromatic nitrogens is 1. The SMILES string of the molecule is CCCN1C(=O)C(=c2sc3n(c2=O)[C@H](c2cccs2)C(C(=O)OCC)=C(C)N=3)c2ccccc21. The lowest BCUT2D eigenvalue weighted by molar-refractivity contribution is -0.139. The molecule has 2 aromatic heterocycles. The Morgan fingerprint density at radius 1 is 1.15 bits per heavy atom. The van der Waals surface area contributed by atoms with Crippen molar-refractivity contribution in [3.05, 3.63) is 83.2 Å². The molecule has 2 aliphatic heterocycles. The van der Waals surface area contributed by atoms with Crippen LogP contribution in [0.1, 0.15) is 43.7 Å². The molecule has 9 heteroatoms. The maximum atomic E-state index is 13.9. The monoisotopic (exact) mass is 493 g/mol. The van der Waals surface area contributed by atoms with E-state index in [-0.39, 0.29) is 18.1 Å². The maximum Gasteiger partial charge on any atom is 0.338 e. The number of anilines is 1. The van der Waals surface area contributed by atoms with Crippen molar-refractivity contribution < 1.29 is 14.3 Å². The molecule has 0 saturated heterocycles. The van der Waals surface area contributed by atoms with Crippen LogP contribution in [-0.2, 0) is 14.3 Å². The van der Waals surface area contributed by atoms with Crippen molar-refractivity contribution in [2.45, 2.75) is 33.2 Å². The van der Waals surface area contributed by atoms with E-state index in [0.717, 1.165) is 22.5 Å². The van der Waals surface area contributed by atoms with Gasteiger partial charge < -0.3 is 9.64 Å². The van der Waals surface area contributed by atoms with E-state index < -0.39 is 12.0 Å². The third-order valence-electron chi connectivity index (χ3n) is 5.90. The highest BCUT2D eigenvalue weighted by Crippen LogP contribution is 2.36. The molecule has 0 aliphatic carbocycles. The summed E-state index contributed by atoms with van der Waals surface area (Å²) in [6.45, 7) is 6.31. The van der Waals surface area contributed by atoms with Crippen molar-refractivity contribution in [3.63, 3.8) is 0 Å². The third-order valence-corrected chi connectivity index (χ3v) is 7.88. The van der Waals surface area contributed by atoms with E-state index in [1.807, 2.05) is 48.7 Å². The summed E-state index contributed by atoms with van der Waals surface area (Å²) >= 11 is 2.66. The first-order chi connectivity index (χ1) is 16.5. The second-order valence-electron chi connectivity index (χ2n) is 7.99. The maximum absolute atomic E-state index is 13.9. The van der Waals surface area contributed by atoms with Gasteiger partial charge in [0, 0.05) is 17.0 Å². The summed E-state index contributed by atoms with van der Waals surface area (Å²) in [5.74, 6) is -0.668. The Kier molecular flexibility index (Phi) is 5.83. The lowest BCUT2D eigenvalue weighted by atomic mass is 10.0. The van der Waals surface area contributed by atoms with Crippen molar-refractivity contribution in [2.24, 2.45) is 4.99 Å². The molecule has 0 spiro atoms. The summed E-state index contributed by atoms with van der Waals surface area (Å²) in [5.41, 5.74) is 2.50. The van der Waals surface area contributed by atoms with Crippen LogP contribution in [0.4, 0.5) is 5.69 Å². The Balaban J connectivity index is 1.80. The zero-order valence-electron chi connectivity index (χ0n) is 19.0. The molecule has 0 bridgehead atoms. The molecule has 174 valence electrons. The predicted octanol–water partition coefficient (Wildman–Crippen LogP) is 2.99. The molecular weight excluding hydrogens is 470 g/mol. The summed E-state index contributed by atoms with van der Waals surface area (Å²) in [5, 5.41) is 1.91. The molecule has 3 aromatic rings. The molecular formula is C25H23N3O4S2. The molecule has 34 heavy (non-hydrogen) atoms. The Bertz CT molecular complexity index is 1510. The van der Waals surface area contributed by atoms with Gasteiger partial charge in [0.1, 0.15) is 10.6 Å². The fraction of sp³-hybridized carbons (Fsp3) is 0.280. The number of benzene rings is 1. The zero-order valence-corrected chi connectivity index (χ0v) is 20.7. The smallest absolute Gasteiger partial charge is 0.338 e.